The standard InChI is InChI=1S/C5H12OS.H4SSi/c1-2-6-4-3-5-7;1-2/h7H,2-5H2,1H3;1H,2H3. The second kappa shape index (κ2) is 15.9. The van der Waals surface area contributed by atoms with Crippen molar-refractivity contribution in [3.05, 3.63) is 0 Å². The molecule has 0 atom stereocenters. The Labute approximate surface area is 71.4 Å². The molecule has 0 rings (SSSR count). The van der Waals surface area contributed by atoms with Gasteiger partial charge in [0.05, 0.1) is 9.39 Å². The first kappa shape index (κ1) is 12.5. The highest BCUT2D eigenvalue weighted by Crippen LogP contribution is 1.83. The molecule has 0 saturated heterocycles. The van der Waals surface area contributed by atoms with Gasteiger partial charge in [0, 0.05) is 13.2 Å². The third-order valence-corrected chi connectivity index (χ3v) is 0.967. The van der Waals surface area contributed by atoms with Crippen molar-refractivity contribution in [3.63, 3.8) is 0 Å². The topological polar surface area (TPSA) is 9.23 Å². The molecule has 0 spiro atoms. The van der Waals surface area contributed by atoms with E-state index >= 15 is 0 Å². The molecule has 0 saturated carbocycles. The Morgan fingerprint density at radius 3 is 2.33 bits per heavy atom. The molecule has 0 aliphatic carbocycles. The minimum absolute atomic E-state index is 0.827. The van der Waals surface area contributed by atoms with Gasteiger partial charge in [0.2, 0.25) is 0 Å². The number of hydrogen-bond acceptors (Lipinski definition) is 3. The van der Waals surface area contributed by atoms with E-state index in [9.17, 15) is 0 Å². The van der Waals surface area contributed by atoms with Gasteiger partial charge in [-0.15, -0.1) is 0 Å². The summed E-state index contributed by atoms with van der Waals surface area (Å²) in [5.41, 5.74) is 0. The lowest BCUT2D eigenvalue weighted by Gasteiger charge is -1.94. The molecule has 0 unspecified atom stereocenters. The average Bonchev–Trinajstić information content (AvgIpc) is 1.94. The number of hydrogen-bond donors (Lipinski definition) is 2. The van der Waals surface area contributed by atoms with Crippen LogP contribution in [0.2, 0.25) is 0 Å². The van der Waals surface area contributed by atoms with Gasteiger partial charge in [0.25, 0.3) is 0 Å². The maximum atomic E-state index is 5.03. The Hall–Kier alpha value is 0.877. The zero-order valence-corrected chi connectivity index (χ0v) is 9.92. The lowest BCUT2D eigenvalue weighted by molar-refractivity contribution is 0.149. The van der Waals surface area contributed by atoms with E-state index in [-0.39, 0.29) is 0 Å². The highest BCUT2D eigenvalue weighted by Gasteiger charge is 1.79. The first-order valence-corrected chi connectivity index (χ1v) is 7.26. The molecule has 58 valence electrons. The first-order valence-electron chi connectivity index (χ1n) is 3.05. The molecule has 0 aromatic heterocycles. The molecule has 0 N–H and O–H groups in total. The van der Waals surface area contributed by atoms with Crippen molar-refractivity contribution < 1.29 is 4.74 Å². The third-order valence-electron chi connectivity index (χ3n) is 0.651. The van der Waals surface area contributed by atoms with E-state index in [0.29, 0.717) is 0 Å². The smallest absolute Gasteiger partial charge is 0.0652 e. The summed E-state index contributed by atoms with van der Waals surface area (Å²) in [4.78, 5) is 0. The molecule has 0 heterocycles. The molecule has 0 aromatic rings. The molecule has 0 bridgehead atoms. The lowest BCUT2D eigenvalue weighted by Crippen LogP contribution is -1.92. The maximum absolute atomic E-state index is 5.03. The summed E-state index contributed by atoms with van der Waals surface area (Å²) in [6.07, 6.45) is 1.07. The SMILES string of the molecule is CCOCCCS.[SiH3]S. The zero-order valence-electron chi connectivity index (χ0n) is 6.13. The van der Waals surface area contributed by atoms with E-state index < -0.39 is 0 Å². The van der Waals surface area contributed by atoms with E-state index in [2.05, 4.69) is 24.7 Å². The molecule has 0 aliphatic rings. The van der Waals surface area contributed by atoms with Gasteiger partial charge in [0.1, 0.15) is 0 Å². The molecule has 0 aliphatic heterocycles. The largest absolute Gasteiger partial charge is 0.382 e. The monoisotopic (exact) mass is 184 g/mol. The Bertz CT molecular complexity index is 34.1. The summed E-state index contributed by atoms with van der Waals surface area (Å²) in [5.74, 6) is 0.931. The molecule has 0 radical (unpaired) electrons. The first-order chi connectivity index (χ1) is 4.41. The fourth-order valence-electron chi connectivity index (χ4n) is 0.311. The van der Waals surface area contributed by atoms with Crippen molar-refractivity contribution >= 4 is 34.1 Å². The molecule has 4 heteroatoms. The van der Waals surface area contributed by atoms with E-state index in [4.69, 9.17) is 4.74 Å². The molecule has 9 heavy (non-hydrogen) atoms. The van der Waals surface area contributed by atoms with Gasteiger partial charge in [-0.05, 0) is 19.1 Å². The van der Waals surface area contributed by atoms with Crippen molar-refractivity contribution in [1.82, 2.24) is 0 Å². The van der Waals surface area contributed by atoms with E-state index in [1.54, 1.807) is 0 Å². The molecule has 0 aromatic carbocycles. The van der Waals surface area contributed by atoms with Gasteiger partial charge in [-0.2, -0.15) is 12.6 Å². The van der Waals surface area contributed by atoms with Crippen LogP contribution in [0.4, 0.5) is 0 Å². The average molecular weight is 184 g/mol. The highest BCUT2D eigenvalue weighted by molar-refractivity contribution is 8.03. The Morgan fingerprint density at radius 2 is 2.00 bits per heavy atom. The van der Waals surface area contributed by atoms with Crippen LogP contribution in [0, 0.1) is 0 Å². The second-order valence-electron chi connectivity index (χ2n) is 1.27. The summed E-state index contributed by atoms with van der Waals surface area (Å²) in [7, 11) is 1.00. The third kappa shape index (κ3) is 17.7. The summed E-state index contributed by atoms with van der Waals surface area (Å²) in [6.45, 7) is 3.69. The molecular formula is C5H16OS2Si. The van der Waals surface area contributed by atoms with E-state index in [1.165, 1.54) is 0 Å². The van der Waals surface area contributed by atoms with Crippen molar-refractivity contribution in [3.8, 4) is 0 Å². The Morgan fingerprint density at radius 1 is 1.44 bits per heavy atom. The van der Waals surface area contributed by atoms with E-state index in [0.717, 1.165) is 34.8 Å². The molecule has 0 fully saturated rings. The van der Waals surface area contributed by atoms with Crippen LogP contribution in [0.3, 0.4) is 0 Å². The minimum Gasteiger partial charge on any atom is -0.382 e. The predicted octanol–water partition coefficient (Wildman–Crippen LogP) is 0.539. The molecular weight excluding hydrogens is 168 g/mol. The summed E-state index contributed by atoms with van der Waals surface area (Å²) >= 11 is 7.68. The maximum Gasteiger partial charge on any atom is 0.0652 e. The van der Waals surface area contributed by atoms with Gasteiger partial charge in [-0.1, -0.05) is 0 Å². The lowest BCUT2D eigenvalue weighted by atomic mass is 10.5. The van der Waals surface area contributed by atoms with Gasteiger partial charge < -0.3 is 4.74 Å². The van der Waals surface area contributed by atoms with Crippen molar-refractivity contribution in [2.24, 2.45) is 0 Å². The van der Waals surface area contributed by atoms with Crippen LogP contribution < -0.4 is 0 Å². The van der Waals surface area contributed by atoms with Crippen molar-refractivity contribution in [2.45, 2.75) is 13.3 Å². The number of thiol groups is 2. The van der Waals surface area contributed by atoms with Gasteiger partial charge in [-0.25, -0.2) is 12.1 Å². The summed E-state index contributed by atoms with van der Waals surface area (Å²) in [6, 6.07) is 0. The van der Waals surface area contributed by atoms with Gasteiger partial charge >= 0.3 is 0 Å². The predicted molar refractivity (Wildman–Crippen MR) is 53.9 cm³/mol. The fraction of sp³-hybridized carbons (Fsp3) is 1.00. The summed E-state index contributed by atoms with van der Waals surface area (Å²) < 4.78 is 5.03. The molecule has 0 amide bonds. The fourth-order valence-corrected chi connectivity index (χ4v) is 0.440. The van der Waals surface area contributed by atoms with Crippen LogP contribution in [0.1, 0.15) is 13.3 Å². The van der Waals surface area contributed by atoms with E-state index in [1.807, 2.05) is 6.92 Å². The van der Waals surface area contributed by atoms with Crippen molar-refractivity contribution in [1.29, 1.82) is 0 Å². The van der Waals surface area contributed by atoms with Crippen LogP contribution >= 0.6 is 24.7 Å². The highest BCUT2D eigenvalue weighted by atomic mass is 32.3. The zero-order chi connectivity index (χ0) is 7.54. The van der Waals surface area contributed by atoms with Crippen LogP contribution in [-0.2, 0) is 4.74 Å². The second-order valence-corrected chi connectivity index (χ2v) is 1.72. The summed E-state index contributed by atoms with van der Waals surface area (Å²) in [5, 5.41) is 0. The van der Waals surface area contributed by atoms with Crippen LogP contribution in [0.5, 0.6) is 0 Å². The van der Waals surface area contributed by atoms with Crippen LogP contribution in [0.25, 0.3) is 0 Å². The Kier molecular flexibility index (Phi) is 22.2. The van der Waals surface area contributed by atoms with Crippen LogP contribution in [0.15, 0.2) is 0 Å². The normalized spacial score (nSPS) is 8.33. The van der Waals surface area contributed by atoms with Gasteiger partial charge in [0.15, 0.2) is 0 Å². The minimum atomic E-state index is 0.827. The number of rotatable bonds is 4. The van der Waals surface area contributed by atoms with Gasteiger partial charge in [-0.3, -0.25) is 0 Å². The number of ether oxygens (including phenoxy) is 1. The molecule has 1 nitrogen and oxygen atoms in total. The van der Waals surface area contributed by atoms with Crippen molar-refractivity contribution in [2.75, 3.05) is 19.0 Å². The quantitative estimate of drug-likeness (QED) is 0.368. The van der Waals surface area contributed by atoms with Crippen LogP contribution in [-0.4, -0.2) is 28.4 Å². The Balaban J connectivity index is 0.